The Hall–Kier alpha value is -3.00. The first-order valence-corrected chi connectivity index (χ1v) is 12.9. The standard InChI is InChI=1S/C26H30N2O5S/c29-24(30)10-9-23(25(31)27-13-11-17-12-14-34-16-17)28-26(32)33-15-22-20-7-3-1-5-18(20)19-6-2-4-8-21(19)22/h1-8,17,22-23H,9-16H2,(H,27,31)(H,28,32)(H,29,30). The molecule has 2 aliphatic rings. The number of hydrogen-bond donors (Lipinski definition) is 3. The zero-order chi connectivity index (χ0) is 23.9. The number of carboxylic acid groups (broad SMARTS) is 1. The van der Waals surface area contributed by atoms with Crippen molar-refractivity contribution in [3.05, 3.63) is 59.7 Å². The Labute approximate surface area is 203 Å². The Kier molecular flexibility index (Phi) is 8.11. The van der Waals surface area contributed by atoms with E-state index >= 15 is 0 Å². The van der Waals surface area contributed by atoms with E-state index in [1.807, 2.05) is 48.2 Å². The van der Waals surface area contributed by atoms with Crippen LogP contribution in [0.3, 0.4) is 0 Å². The molecule has 4 rings (SSSR count). The molecule has 2 aromatic rings. The summed E-state index contributed by atoms with van der Waals surface area (Å²) in [6, 6.07) is 15.1. The average Bonchev–Trinajstić information content (AvgIpc) is 3.46. The van der Waals surface area contributed by atoms with Crippen molar-refractivity contribution in [1.29, 1.82) is 0 Å². The van der Waals surface area contributed by atoms with Crippen LogP contribution in [0.15, 0.2) is 48.5 Å². The first-order valence-electron chi connectivity index (χ1n) is 11.7. The van der Waals surface area contributed by atoms with Crippen molar-refractivity contribution >= 4 is 29.7 Å². The van der Waals surface area contributed by atoms with Crippen molar-refractivity contribution in [1.82, 2.24) is 10.6 Å². The molecule has 2 atom stereocenters. The number of nitrogens with one attached hydrogen (secondary N) is 2. The number of ether oxygens (including phenoxy) is 1. The number of amides is 2. The second-order valence-electron chi connectivity index (χ2n) is 8.76. The van der Waals surface area contributed by atoms with Gasteiger partial charge in [0.2, 0.25) is 5.91 Å². The molecule has 0 bridgehead atoms. The zero-order valence-electron chi connectivity index (χ0n) is 19.0. The fraction of sp³-hybridized carbons (Fsp3) is 0.423. The molecule has 2 aromatic carbocycles. The predicted molar refractivity (Wildman–Crippen MR) is 132 cm³/mol. The molecule has 34 heavy (non-hydrogen) atoms. The molecule has 3 N–H and O–H groups in total. The third kappa shape index (κ3) is 5.91. The van der Waals surface area contributed by atoms with Gasteiger partial charge in [0.1, 0.15) is 12.6 Å². The first-order chi connectivity index (χ1) is 16.5. The van der Waals surface area contributed by atoms with Crippen LogP contribution in [0.25, 0.3) is 11.1 Å². The number of hydrogen-bond acceptors (Lipinski definition) is 5. The summed E-state index contributed by atoms with van der Waals surface area (Å²) in [6.07, 6.45) is 1.10. The maximum Gasteiger partial charge on any atom is 0.407 e. The Morgan fingerprint density at radius 3 is 2.35 bits per heavy atom. The number of carbonyl (C=O) groups is 3. The lowest BCUT2D eigenvalue weighted by molar-refractivity contribution is -0.137. The lowest BCUT2D eigenvalue weighted by atomic mass is 9.98. The summed E-state index contributed by atoms with van der Waals surface area (Å²) in [5.74, 6) is 1.38. The summed E-state index contributed by atoms with van der Waals surface area (Å²) < 4.78 is 5.53. The molecule has 2 unspecified atom stereocenters. The van der Waals surface area contributed by atoms with Crippen LogP contribution in [-0.4, -0.2) is 53.8 Å². The number of carboxylic acids is 1. The number of thioether (sulfide) groups is 1. The van der Waals surface area contributed by atoms with Crippen molar-refractivity contribution in [2.75, 3.05) is 24.7 Å². The number of aliphatic carboxylic acids is 1. The topological polar surface area (TPSA) is 105 Å². The number of benzene rings is 2. The van der Waals surface area contributed by atoms with Gasteiger partial charge in [0.25, 0.3) is 0 Å². The largest absolute Gasteiger partial charge is 0.481 e. The quantitative estimate of drug-likeness (QED) is 0.473. The van der Waals surface area contributed by atoms with Crippen LogP contribution >= 0.6 is 11.8 Å². The van der Waals surface area contributed by atoms with E-state index in [1.165, 1.54) is 0 Å². The van der Waals surface area contributed by atoms with Gasteiger partial charge in [-0.1, -0.05) is 48.5 Å². The molecule has 7 nitrogen and oxygen atoms in total. The lowest BCUT2D eigenvalue weighted by Gasteiger charge is -2.20. The smallest absolute Gasteiger partial charge is 0.407 e. The van der Waals surface area contributed by atoms with E-state index in [0.29, 0.717) is 12.5 Å². The predicted octanol–water partition coefficient (Wildman–Crippen LogP) is 4.02. The highest BCUT2D eigenvalue weighted by Gasteiger charge is 2.30. The van der Waals surface area contributed by atoms with Crippen LogP contribution in [0.2, 0.25) is 0 Å². The minimum Gasteiger partial charge on any atom is -0.481 e. The molecule has 180 valence electrons. The summed E-state index contributed by atoms with van der Waals surface area (Å²) >= 11 is 1.92. The molecule has 1 heterocycles. The molecular weight excluding hydrogens is 452 g/mol. The summed E-state index contributed by atoms with van der Waals surface area (Å²) in [4.78, 5) is 36.3. The van der Waals surface area contributed by atoms with Crippen molar-refractivity contribution in [3.63, 3.8) is 0 Å². The number of alkyl carbamates (subject to hydrolysis) is 1. The van der Waals surface area contributed by atoms with Crippen molar-refractivity contribution < 1.29 is 24.2 Å². The van der Waals surface area contributed by atoms with Gasteiger partial charge in [-0.3, -0.25) is 9.59 Å². The molecule has 1 fully saturated rings. The van der Waals surface area contributed by atoms with E-state index in [1.54, 1.807) is 0 Å². The zero-order valence-corrected chi connectivity index (χ0v) is 19.8. The Bertz CT molecular complexity index is 992. The van der Waals surface area contributed by atoms with E-state index in [-0.39, 0.29) is 31.3 Å². The number of rotatable bonds is 10. The first kappa shape index (κ1) is 24.1. The minimum absolute atomic E-state index is 0.00461. The van der Waals surface area contributed by atoms with E-state index in [4.69, 9.17) is 9.84 Å². The van der Waals surface area contributed by atoms with Crippen molar-refractivity contribution in [2.45, 2.75) is 37.6 Å². The summed E-state index contributed by atoms with van der Waals surface area (Å²) in [7, 11) is 0. The third-order valence-corrected chi connectivity index (χ3v) is 7.71. The van der Waals surface area contributed by atoms with Crippen LogP contribution < -0.4 is 10.6 Å². The van der Waals surface area contributed by atoms with Crippen molar-refractivity contribution in [2.24, 2.45) is 5.92 Å². The fourth-order valence-electron chi connectivity index (χ4n) is 4.65. The monoisotopic (exact) mass is 482 g/mol. The SMILES string of the molecule is O=C(O)CCC(NC(=O)OCC1c2ccccc2-c2ccccc21)C(=O)NCCC1CCSC1. The van der Waals surface area contributed by atoms with Gasteiger partial charge in [-0.05, 0) is 58.9 Å². The molecule has 0 spiro atoms. The fourth-order valence-corrected chi connectivity index (χ4v) is 5.99. The van der Waals surface area contributed by atoms with Gasteiger partial charge in [0.05, 0.1) is 0 Å². The molecule has 1 aliphatic heterocycles. The average molecular weight is 483 g/mol. The molecule has 2 amide bonds. The highest BCUT2D eigenvalue weighted by atomic mass is 32.2. The van der Waals surface area contributed by atoms with Gasteiger partial charge >= 0.3 is 12.1 Å². The van der Waals surface area contributed by atoms with Gasteiger partial charge in [-0.15, -0.1) is 0 Å². The minimum atomic E-state index is -1.02. The Morgan fingerprint density at radius 1 is 1.06 bits per heavy atom. The van der Waals surface area contributed by atoms with Gasteiger partial charge in [-0.2, -0.15) is 11.8 Å². The van der Waals surface area contributed by atoms with Crippen LogP contribution in [0.1, 0.15) is 42.7 Å². The molecule has 8 heteroatoms. The van der Waals surface area contributed by atoms with Crippen LogP contribution in [0.5, 0.6) is 0 Å². The molecule has 0 saturated carbocycles. The second-order valence-corrected chi connectivity index (χ2v) is 9.91. The molecule has 1 saturated heterocycles. The van der Waals surface area contributed by atoms with Crippen LogP contribution in [0, 0.1) is 5.92 Å². The summed E-state index contributed by atoms with van der Waals surface area (Å²) in [6.45, 7) is 0.645. The number of carbonyl (C=O) groups excluding carboxylic acids is 2. The van der Waals surface area contributed by atoms with Gasteiger partial charge in [0.15, 0.2) is 0 Å². The second kappa shape index (κ2) is 11.4. The van der Waals surface area contributed by atoms with Crippen LogP contribution in [-0.2, 0) is 14.3 Å². The van der Waals surface area contributed by atoms with E-state index in [2.05, 4.69) is 22.8 Å². The normalized spacial score (nSPS) is 17.5. The summed E-state index contributed by atoms with van der Waals surface area (Å²) in [5.41, 5.74) is 4.46. The van der Waals surface area contributed by atoms with E-state index in [0.717, 1.165) is 46.6 Å². The van der Waals surface area contributed by atoms with E-state index < -0.39 is 18.1 Å². The van der Waals surface area contributed by atoms with Crippen LogP contribution in [0.4, 0.5) is 4.79 Å². The molecular formula is C26H30N2O5S. The molecule has 1 aliphatic carbocycles. The van der Waals surface area contributed by atoms with E-state index in [9.17, 15) is 14.4 Å². The lowest BCUT2D eigenvalue weighted by Crippen LogP contribution is -2.47. The highest BCUT2D eigenvalue weighted by Crippen LogP contribution is 2.44. The molecule has 0 aromatic heterocycles. The maximum atomic E-state index is 12.7. The van der Waals surface area contributed by atoms with Gasteiger partial charge in [-0.25, -0.2) is 4.79 Å². The Balaban J connectivity index is 1.34. The highest BCUT2D eigenvalue weighted by molar-refractivity contribution is 7.99. The number of fused-ring (bicyclic) bond motifs is 3. The maximum absolute atomic E-state index is 12.7. The van der Waals surface area contributed by atoms with Gasteiger partial charge in [0, 0.05) is 18.9 Å². The summed E-state index contributed by atoms with van der Waals surface area (Å²) in [5, 5.41) is 14.5. The Morgan fingerprint density at radius 2 is 1.74 bits per heavy atom. The molecule has 0 radical (unpaired) electrons. The van der Waals surface area contributed by atoms with Crippen molar-refractivity contribution in [3.8, 4) is 11.1 Å². The third-order valence-electron chi connectivity index (χ3n) is 6.47. The van der Waals surface area contributed by atoms with Gasteiger partial charge < -0.3 is 20.5 Å².